The Kier molecular flexibility index (Phi) is 9.88. The number of hydrogen-bond donors (Lipinski definition) is 2. The number of benzene rings is 1. The minimum absolute atomic E-state index is 0.236. The van der Waals surface area contributed by atoms with E-state index in [1.165, 1.54) is 11.3 Å². The minimum atomic E-state index is -0.962. The molecule has 7 heteroatoms. The number of carboxylic acids is 2. The van der Waals surface area contributed by atoms with Gasteiger partial charge in [0.05, 0.1) is 17.5 Å². The van der Waals surface area contributed by atoms with Crippen LogP contribution in [0.3, 0.4) is 0 Å². The van der Waals surface area contributed by atoms with Gasteiger partial charge < -0.3 is 14.8 Å². The average Bonchev–Trinajstić information content (AvgIpc) is 3.44. The lowest BCUT2D eigenvalue weighted by Crippen LogP contribution is -2.09. The van der Waals surface area contributed by atoms with Gasteiger partial charge in [0.15, 0.2) is 0 Å². The molecule has 0 saturated carbocycles. The van der Waals surface area contributed by atoms with E-state index in [9.17, 15) is 14.7 Å². The molecule has 0 bridgehead atoms. The van der Waals surface area contributed by atoms with E-state index >= 15 is 0 Å². The Labute approximate surface area is 192 Å². The molecule has 0 aliphatic heterocycles. The number of hydrogen-bond acceptors (Lipinski definition) is 4. The number of carboxylic acid groups (broad SMARTS) is 2. The van der Waals surface area contributed by atoms with Gasteiger partial charge in [-0.2, -0.15) is 0 Å². The van der Waals surface area contributed by atoms with E-state index in [0.717, 1.165) is 41.2 Å². The number of carbonyl (C=O) groups is 2. The summed E-state index contributed by atoms with van der Waals surface area (Å²) in [5.74, 6) is -1.01. The smallest absolute Gasteiger partial charge is 0.335 e. The number of unbranched alkanes of at least 4 members (excludes halogenated alkanes) is 1. The summed E-state index contributed by atoms with van der Waals surface area (Å²) in [5.41, 5.74) is 2.21. The molecule has 2 N–H and O–H groups in total. The number of aromatic nitrogens is 2. The zero-order valence-electron chi connectivity index (χ0n) is 18.7. The van der Waals surface area contributed by atoms with E-state index in [0.29, 0.717) is 18.5 Å². The molecule has 0 aliphatic rings. The van der Waals surface area contributed by atoms with Crippen molar-refractivity contribution in [1.29, 1.82) is 0 Å². The summed E-state index contributed by atoms with van der Waals surface area (Å²) >= 11 is 1.53. The van der Waals surface area contributed by atoms with Crippen LogP contribution in [-0.2, 0) is 24.2 Å². The number of aromatic carboxylic acids is 1. The van der Waals surface area contributed by atoms with Crippen molar-refractivity contribution in [2.24, 2.45) is 0 Å². The molecule has 3 aromatic rings. The van der Waals surface area contributed by atoms with Gasteiger partial charge in [-0.15, -0.1) is 11.3 Å². The summed E-state index contributed by atoms with van der Waals surface area (Å²) in [6.07, 6.45) is 6.58. The SMILES string of the molecule is CC.CCCCc1ncc(/C=C(\Cc2cccs2)C(=O)O)n1Cc1ccc(C(=O)O)cc1. The van der Waals surface area contributed by atoms with Crippen LogP contribution in [0.1, 0.15) is 65.9 Å². The second kappa shape index (κ2) is 12.6. The summed E-state index contributed by atoms with van der Waals surface area (Å²) in [5, 5.41) is 20.7. The Morgan fingerprint density at radius 3 is 2.41 bits per heavy atom. The predicted octanol–water partition coefficient (Wildman–Crippen LogP) is 5.77. The largest absolute Gasteiger partial charge is 0.478 e. The second-order valence-corrected chi connectivity index (χ2v) is 8.05. The fourth-order valence-electron chi connectivity index (χ4n) is 3.16. The number of imidazole rings is 1. The molecular weight excluding hydrogens is 424 g/mol. The number of aryl methyl sites for hydroxylation is 1. The van der Waals surface area contributed by atoms with Gasteiger partial charge in [-0.3, -0.25) is 0 Å². The second-order valence-electron chi connectivity index (χ2n) is 7.02. The molecule has 0 aliphatic carbocycles. The van der Waals surface area contributed by atoms with Crippen LogP contribution in [0.4, 0.5) is 0 Å². The molecule has 170 valence electrons. The molecule has 3 rings (SSSR count). The number of aliphatic carboxylic acids is 1. The highest BCUT2D eigenvalue weighted by molar-refractivity contribution is 7.09. The van der Waals surface area contributed by atoms with Crippen molar-refractivity contribution in [2.45, 2.75) is 53.0 Å². The minimum Gasteiger partial charge on any atom is -0.478 e. The maximum atomic E-state index is 11.8. The highest BCUT2D eigenvalue weighted by Crippen LogP contribution is 2.20. The third kappa shape index (κ3) is 6.92. The molecule has 0 spiro atoms. The van der Waals surface area contributed by atoms with Crippen molar-refractivity contribution in [1.82, 2.24) is 9.55 Å². The van der Waals surface area contributed by atoms with E-state index in [1.54, 1.807) is 36.5 Å². The maximum Gasteiger partial charge on any atom is 0.335 e. The van der Waals surface area contributed by atoms with Crippen LogP contribution >= 0.6 is 11.3 Å². The first-order valence-electron chi connectivity index (χ1n) is 10.8. The van der Waals surface area contributed by atoms with Crippen LogP contribution in [-0.4, -0.2) is 31.7 Å². The molecular formula is C25H30N2O4S. The van der Waals surface area contributed by atoms with Crippen molar-refractivity contribution >= 4 is 29.4 Å². The molecule has 6 nitrogen and oxygen atoms in total. The normalized spacial score (nSPS) is 11.0. The Hall–Kier alpha value is -3.19. The number of nitrogens with zero attached hydrogens (tertiary/aromatic N) is 2. The molecule has 0 radical (unpaired) electrons. The van der Waals surface area contributed by atoms with Crippen molar-refractivity contribution < 1.29 is 19.8 Å². The predicted molar refractivity (Wildman–Crippen MR) is 128 cm³/mol. The van der Waals surface area contributed by atoms with Gasteiger partial charge in [-0.25, -0.2) is 14.6 Å². The topological polar surface area (TPSA) is 92.4 Å². The molecule has 0 unspecified atom stereocenters. The van der Waals surface area contributed by atoms with Gasteiger partial charge in [0.2, 0.25) is 0 Å². The average molecular weight is 455 g/mol. The van der Waals surface area contributed by atoms with Gasteiger partial charge in [0.1, 0.15) is 5.82 Å². The molecule has 0 fully saturated rings. The van der Waals surface area contributed by atoms with Gasteiger partial charge in [-0.05, 0) is 41.6 Å². The van der Waals surface area contributed by atoms with Crippen LogP contribution in [0.15, 0.2) is 53.5 Å². The molecule has 0 amide bonds. The van der Waals surface area contributed by atoms with Gasteiger partial charge >= 0.3 is 11.9 Å². The highest BCUT2D eigenvalue weighted by Gasteiger charge is 2.14. The lowest BCUT2D eigenvalue weighted by Gasteiger charge is -2.12. The standard InChI is InChI=1S/C23H24N2O4S.C2H6/c1-2-3-6-21-24-14-19(12-18(23(28)29)13-20-5-4-11-30-20)25(21)15-16-7-9-17(10-8-16)22(26)27;1-2/h4-5,7-12,14H,2-3,6,13,15H2,1H3,(H,26,27)(H,28,29);1-2H3/b18-12+;. The van der Waals surface area contributed by atoms with Gasteiger partial charge in [-0.1, -0.05) is 45.4 Å². The van der Waals surface area contributed by atoms with Crippen molar-refractivity contribution in [3.8, 4) is 0 Å². The summed E-state index contributed by atoms with van der Waals surface area (Å²) in [7, 11) is 0. The summed E-state index contributed by atoms with van der Waals surface area (Å²) < 4.78 is 2.02. The monoisotopic (exact) mass is 454 g/mol. The lowest BCUT2D eigenvalue weighted by molar-refractivity contribution is -0.132. The zero-order valence-corrected chi connectivity index (χ0v) is 19.6. The van der Waals surface area contributed by atoms with E-state index in [4.69, 9.17) is 5.11 Å². The first kappa shape index (κ1) is 25.1. The number of rotatable bonds is 10. The van der Waals surface area contributed by atoms with Crippen molar-refractivity contribution in [2.75, 3.05) is 0 Å². The maximum absolute atomic E-state index is 11.8. The molecule has 0 atom stereocenters. The molecule has 1 aromatic carbocycles. The first-order valence-corrected chi connectivity index (χ1v) is 11.7. The third-order valence-electron chi connectivity index (χ3n) is 4.81. The fourth-order valence-corrected chi connectivity index (χ4v) is 3.89. The third-order valence-corrected chi connectivity index (χ3v) is 5.68. The Morgan fingerprint density at radius 2 is 1.84 bits per heavy atom. The molecule has 32 heavy (non-hydrogen) atoms. The number of thiophene rings is 1. The summed E-state index contributed by atoms with van der Waals surface area (Å²) in [4.78, 5) is 28.5. The first-order chi connectivity index (χ1) is 15.5. The van der Waals surface area contributed by atoms with Crippen LogP contribution < -0.4 is 0 Å². The van der Waals surface area contributed by atoms with Crippen LogP contribution in [0, 0.1) is 0 Å². The van der Waals surface area contributed by atoms with E-state index in [1.807, 2.05) is 35.9 Å². The molecule has 2 aromatic heterocycles. The molecule has 0 saturated heterocycles. The van der Waals surface area contributed by atoms with Crippen molar-refractivity contribution in [3.63, 3.8) is 0 Å². The fraction of sp³-hybridized carbons (Fsp3) is 0.320. The zero-order chi connectivity index (χ0) is 23.5. The van der Waals surface area contributed by atoms with Crippen LogP contribution in [0.25, 0.3) is 6.08 Å². The van der Waals surface area contributed by atoms with Crippen molar-refractivity contribution in [3.05, 3.63) is 81.1 Å². The Bertz CT molecular complexity index is 1030. The van der Waals surface area contributed by atoms with Crippen LogP contribution in [0.5, 0.6) is 0 Å². The molecule has 2 heterocycles. The van der Waals surface area contributed by atoms with Gasteiger partial charge in [0.25, 0.3) is 0 Å². The quantitative estimate of drug-likeness (QED) is 0.379. The Balaban J connectivity index is 0.00000176. The summed E-state index contributed by atoms with van der Waals surface area (Å²) in [6, 6.07) is 10.6. The van der Waals surface area contributed by atoms with E-state index < -0.39 is 11.9 Å². The van der Waals surface area contributed by atoms with Gasteiger partial charge in [0, 0.05) is 29.8 Å². The Morgan fingerprint density at radius 1 is 1.12 bits per heavy atom. The summed E-state index contributed by atoms with van der Waals surface area (Å²) in [6.45, 7) is 6.61. The van der Waals surface area contributed by atoms with E-state index in [-0.39, 0.29) is 5.56 Å². The van der Waals surface area contributed by atoms with E-state index in [2.05, 4.69) is 11.9 Å². The highest BCUT2D eigenvalue weighted by atomic mass is 32.1. The lowest BCUT2D eigenvalue weighted by atomic mass is 10.1. The van der Waals surface area contributed by atoms with Crippen LogP contribution in [0.2, 0.25) is 0 Å².